The Labute approximate surface area is 100 Å². The van der Waals surface area contributed by atoms with Gasteiger partial charge in [-0.1, -0.05) is 26.7 Å². The van der Waals surface area contributed by atoms with Crippen molar-refractivity contribution in [3.05, 3.63) is 28.5 Å². The van der Waals surface area contributed by atoms with E-state index in [4.69, 9.17) is 5.73 Å². The molecular formula is C12H19BrN2. The van der Waals surface area contributed by atoms with E-state index >= 15 is 0 Å². The van der Waals surface area contributed by atoms with Crippen molar-refractivity contribution in [2.75, 3.05) is 0 Å². The average molecular weight is 271 g/mol. The maximum atomic E-state index is 6.18. The first-order chi connectivity index (χ1) is 7.17. The Balaban J connectivity index is 2.61. The van der Waals surface area contributed by atoms with Gasteiger partial charge in [-0.15, -0.1) is 0 Å². The zero-order valence-electron chi connectivity index (χ0n) is 9.41. The van der Waals surface area contributed by atoms with Gasteiger partial charge in [0.1, 0.15) is 0 Å². The third kappa shape index (κ3) is 3.92. The molecule has 0 aliphatic carbocycles. The molecule has 1 aromatic heterocycles. The summed E-state index contributed by atoms with van der Waals surface area (Å²) in [6, 6.07) is 2.34. The summed E-state index contributed by atoms with van der Waals surface area (Å²) >= 11 is 3.42. The van der Waals surface area contributed by atoms with Crippen LogP contribution in [0.2, 0.25) is 0 Å². The lowest BCUT2D eigenvalue weighted by atomic mass is 9.91. The fourth-order valence-electron chi connectivity index (χ4n) is 1.90. The first-order valence-corrected chi connectivity index (χ1v) is 6.31. The first kappa shape index (κ1) is 12.7. The van der Waals surface area contributed by atoms with Crippen molar-refractivity contribution in [3.8, 4) is 0 Å². The van der Waals surface area contributed by atoms with Gasteiger partial charge in [-0.25, -0.2) is 0 Å². The molecule has 0 aromatic carbocycles. The van der Waals surface area contributed by atoms with Crippen LogP contribution in [-0.2, 0) is 6.42 Å². The van der Waals surface area contributed by atoms with Crippen LogP contribution < -0.4 is 5.73 Å². The molecule has 2 N–H and O–H groups in total. The first-order valence-electron chi connectivity index (χ1n) is 5.52. The quantitative estimate of drug-likeness (QED) is 0.893. The van der Waals surface area contributed by atoms with Crippen LogP contribution in [0.25, 0.3) is 0 Å². The molecular weight excluding hydrogens is 252 g/mol. The second-order valence-electron chi connectivity index (χ2n) is 3.96. The van der Waals surface area contributed by atoms with Crippen molar-refractivity contribution in [3.63, 3.8) is 0 Å². The second-order valence-corrected chi connectivity index (χ2v) is 4.87. The van der Waals surface area contributed by atoms with E-state index in [0.717, 1.165) is 23.7 Å². The lowest BCUT2D eigenvalue weighted by Gasteiger charge is -2.21. The molecule has 2 nitrogen and oxygen atoms in total. The number of hydrogen-bond donors (Lipinski definition) is 1. The van der Waals surface area contributed by atoms with Crippen LogP contribution in [0.5, 0.6) is 0 Å². The molecule has 1 rings (SSSR count). The molecule has 0 fully saturated rings. The van der Waals surface area contributed by atoms with Crippen molar-refractivity contribution in [2.45, 2.75) is 39.2 Å². The fourth-order valence-corrected chi connectivity index (χ4v) is 2.31. The van der Waals surface area contributed by atoms with E-state index in [1.807, 2.05) is 6.20 Å². The number of rotatable bonds is 5. The zero-order valence-corrected chi connectivity index (χ0v) is 11.0. The minimum Gasteiger partial charge on any atom is -0.327 e. The highest BCUT2D eigenvalue weighted by atomic mass is 79.9. The molecule has 1 heterocycles. The fraction of sp³-hybridized carbons (Fsp3) is 0.583. The minimum absolute atomic E-state index is 0.246. The monoisotopic (exact) mass is 270 g/mol. The van der Waals surface area contributed by atoms with Crippen LogP contribution in [0, 0.1) is 5.92 Å². The van der Waals surface area contributed by atoms with E-state index < -0.39 is 0 Å². The summed E-state index contributed by atoms with van der Waals surface area (Å²) in [6.07, 6.45) is 6.91. The van der Waals surface area contributed by atoms with Crippen LogP contribution in [-0.4, -0.2) is 11.0 Å². The third-order valence-electron chi connectivity index (χ3n) is 2.89. The number of nitrogens with zero attached hydrogens (tertiary/aromatic N) is 1. The van der Waals surface area contributed by atoms with Crippen LogP contribution in [0.4, 0.5) is 0 Å². The maximum absolute atomic E-state index is 6.18. The van der Waals surface area contributed by atoms with Crippen molar-refractivity contribution in [2.24, 2.45) is 11.7 Å². The van der Waals surface area contributed by atoms with Gasteiger partial charge in [-0.05, 0) is 39.9 Å². The predicted molar refractivity (Wildman–Crippen MR) is 67.7 cm³/mol. The molecule has 1 atom stereocenters. The molecule has 0 saturated heterocycles. The SMILES string of the molecule is CCC(CC)C(N)Cc1cncc(Br)c1. The standard InChI is InChI=1S/C12H19BrN2/c1-3-10(4-2)12(14)6-9-5-11(13)8-15-7-9/h5,7-8,10,12H,3-4,6,14H2,1-2H3. The summed E-state index contributed by atoms with van der Waals surface area (Å²) in [5.41, 5.74) is 7.39. The van der Waals surface area contributed by atoms with Gasteiger partial charge >= 0.3 is 0 Å². The maximum Gasteiger partial charge on any atom is 0.0410 e. The molecule has 3 heteroatoms. The van der Waals surface area contributed by atoms with E-state index in [2.05, 4.69) is 40.8 Å². The zero-order chi connectivity index (χ0) is 11.3. The van der Waals surface area contributed by atoms with Gasteiger partial charge in [0, 0.05) is 22.9 Å². The molecule has 0 aliphatic rings. The van der Waals surface area contributed by atoms with Crippen LogP contribution in [0.3, 0.4) is 0 Å². The highest BCUT2D eigenvalue weighted by Crippen LogP contribution is 2.17. The number of hydrogen-bond acceptors (Lipinski definition) is 2. The van der Waals surface area contributed by atoms with Gasteiger partial charge in [0.2, 0.25) is 0 Å². The summed E-state index contributed by atoms with van der Waals surface area (Å²) in [7, 11) is 0. The Hall–Kier alpha value is -0.410. The number of nitrogens with two attached hydrogens (primary N) is 1. The minimum atomic E-state index is 0.246. The molecule has 0 aliphatic heterocycles. The average Bonchev–Trinajstić information content (AvgIpc) is 2.19. The highest BCUT2D eigenvalue weighted by Gasteiger charge is 2.14. The van der Waals surface area contributed by atoms with Gasteiger partial charge in [0.25, 0.3) is 0 Å². The predicted octanol–water partition coefficient (Wildman–Crippen LogP) is 3.15. The smallest absolute Gasteiger partial charge is 0.0410 e. The Kier molecular flexibility index (Phi) is 5.26. The van der Waals surface area contributed by atoms with Crippen molar-refractivity contribution >= 4 is 15.9 Å². The molecule has 0 radical (unpaired) electrons. The summed E-state index contributed by atoms with van der Waals surface area (Å²) in [5, 5.41) is 0. The van der Waals surface area contributed by atoms with Gasteiger partial charge in [-0.3, -0.25) is 4.98 Å². The summed E-state index contributed by atoms with van der Waals surface area (Å²) in [6.45, 7) is 4.40. The second kappa shape index (κ2) is 6.23. The van der Waals surface area contributed by atoms with Crippen LogP contribution >= 0.6 is 15.9 Å². The summed E-state index contributed by atoms with van der Waals surface area (Å²) in [5.74, 6) is 0.615. The molecule has 0 amide bonds. The summed E-state index contributed by atoms with van der Waals surface area (Å²) in [4.78, 5) is 4.15. The van der Waals surface area contributed by atoms with Crippen LogP contribution in [0.1, 0.15) is 32.3 Å². The summed E-state index contributed by atoms with van der Waals surface area (Å²) < 4.78 is 1.02. The molecule has 0 bridgehead atoms. The van der Waals surface area contributed by atoms with Gasteiger partial charge in [0.15, 0.2) is 0 Å². The van der Waals surface area contributed by atoms with E-state index in [1.54, 1.807) is 6.20 Å². The highest BCUT2D eigenvalue weighted by molar-refractivity contribution is 9.10. The van der Waals surface area contributed by atoms with Gasteiger partial charge in [-0.2, -0.15) is 0 Å². The Morgan fingerprint density at radius 2 is 2.00 bits per heavy atom. The number of halogens is 1. The lowest BCUT2D eigenvalue weighted by molar-refractivity contribution is 0.393. The third-order valence-corrected chi connectivity index (χ3v) is 3.32. The molecule has 0 saturated carbocycles. The number of aromatic nitrogens is 1. The number of pyridine rings is 1. The van der Waals surface area contributed by atoms with E-state index in [0.29, 0.717) is 5.92 Å². The Bertz CT molecular complexity index is 297. The normalized spacial score (nSPS) is 13.1. The Morgan fingerprint density at radius 3 is 2.53 bits per heavy atom. The van der Waals surface area contributed by atoms with Gasteiger partial charge < -0.3 is 5.73 Å². The topological polar surface area (TPSA) is 38.9 Å². The molecule has 84 valence electrons. The van der Waals surface area contributed by atoms with Crippen molar-refractivity contribution in [1.29, 1.82) is 0 Å². The Morgan fingerprint density at radius 1 is 1.33 bits per heavy atom. The van der Waals surface area contributed by atoms with E-state index in [-0.39, 0.29) is 6.04 Å². The molecule has 0 spiro atoms. The van der Waals surface area contributed by atoms with Crippen molar-refractivity contribution < 1.29 is 0 Å². The van der Waals surface area contributed by atoms with Crippen LogP contribution in [0.15, 0.2) is 22.9 Å². The molecule has 1 unspecified atom stereocenters. The largest absolute Gasteiger partial charge is 0.327 e. The van der Waals surface area contributed by atoms with Crippen molar-refractivity contribution in [1.82, 2.24) is 4.98 Å². The van der Waals surface area contributed by atoms with E-state index in [1.165, 1.54) is 5.56 Å². The van der Waals surface area contributed by atoms with E-state index in [9.17, 15) is 0 Å². The molecule has 15 heavy (non-hydrogen) atoms. The van der Waals surface area contributed by atoms with Gasteiger partial charge in [0.05, 0.1) is 0 Å². The molecule has 1 aromatic rings. The lowest BCUT2D eigenvalue weighted by Crippen LogP contribution is -2.31.